The summed E-state index contributed by atoms with van der Waals surface area (Å²) in [7, 11) is 2.01. The highest BCUT2D eigenvalue weighted by atomic mass is 32.2. The van der Waals surface area contributed by atoms with Crippen LogP contribution in [0.3, 0.4) is 0 Å². The number of hydrogen-bond acceptors (Lipinski definition) is 5. The second kappa shape index (κ2) is 11.0. The molecule has 0 amide bonds. The van der Waals surface area contributed by atoms with Gasteiger partial charge in [-0.3, -0.25) is 10.4 Å². The van der Waals surface area contributed by atoms with Gasteiger partial charge in [0.1, 0.15) is 11.6 Å². The lowest BCUT2D eigenvalue weighted by atomic mass is 9.95. The molecular formula is C29H38N4OS. The molecule has 1 saturated carbocycles. The number of rotatable bonds is 8. The van der Waals surface area contributed by atoms with E-state index in [1.807, 2.05) is 80.9 Å². The molecule has 1 aliphatic heterocycles. The summed E-state index contributed by atoms with van der Waals surface area (Å²) in [6.45, 7) is 9.48. The van der Waals surface area contributed by atoms with Crippen molar-refractivity contribution in [3.8, 4) is 5.75 Å². The molecule has 3 aromatic rings. The molecule has 2 heterocycles. The Morgan fingerprint density at radius 3 is 2.71 bits per heavy atom. The van der Waals surface area contributed by atoms with Crippen LogP contribution in [0.2, 0.25) is 0 Å². The molecule has 5 rings (SSSR count). The van der Waals surface area contributed by atoms with E-state index < -0.39 is 0 Å². The summed E-state index contributed by atoms with van der Waals surface area (Å²) in [4.78, 5) is 9.24. The van der Waals surface area contributed by atoms with Crippen molar-refractivity contribution in [1.29, 1.82) is 5.41 Å². The molecule has 2 atom stereocenters. The summed E-state index contributed by atoms with van der Waals surface area (Å²) in [5.74, 6) is 3.59. The Kier molecular flexibility index (Phi) is 8.02. The zero-order valence-corrected chi connectivity index (χ0v) is 22.2. The highest BCUT2D eigenvalue weighted by molar-refractivity contribution is 7.99. The highest BCUT2D eigenvalue weighted by Gasteiger charge is 2.60. The van der Waals surface area contributed by atoms with Gasteiger partial charge in [0.05, 0.1) is 11.4 Å². The molecule has 35 heavy (non-hydrogen) atoms. The first-order valence-electron chi connectivity index (χ1n) is 12.7. The van der Waals surface area contributed by atoms with Crippen LogP contribution in [-0.4, -0.2) is 64.0 Å². The van der Waals surface area contributed by atoms with Crippen molar-refractivity contribution < 1.29 is 5.11 Å². The van der Waals surface area contributed by atoms with Crippen LogP contribution in [0.25, 0.3) is 10.9 Å². The number of phenolic OH excluding ortho intramolecular Hbond substituents is 1. The molecule has 0 unspecified atom stereocenters. The predicted octanol–water partition coefficient (Wildman–Crippen LogP) is 5.89. The van der Waals surface area contributed by atoms with Gasteiger partial charge in [0.15, 0.2) is 0 Å². The van der Waals surface area contributed by atoms with Gasteiger partial charge in [0.2, 0.25) is 0 Å². The maximum Gasteiger partial charge on any atom is 0.129 e. The molecule has 5 nitrogen and oxygen atoms in total. The lowest BCUT2D eigenvalue weighted by molar-refractivity contribution is 0.299. The zero-order chi connectivity index (χ0) is 25.0. The number of piperidine rings is 1. The van der Waals surface area contributed by atoms with Crippen molar-refractivity contribution in [1.82, 2.24) is 14.8 Å². The van der Waals surface area contributed by atoms with E-state index in [0.717, 1.165) is 52.8 Å². The molecule has 0 radical (unpaired) electrons. The smallest absolute Gasteiger partial charge is 0.129 e. The predicted molar refractivity (Wildman–Crippen MR) is 149 cm³/mol. The number of hydrogen-bond donors (Lipinski definition) is 2. The molecule has 186 valence electrons. The SMILES string of the molecule is CC.Cc1ccc2c(C(=N)N(C)CSCCCN3C[C@H]4C[C@@]4(c4ccc(O)cc4)C3)cccc2n1. The topological polar surface area (TPSA) is 63.5 Å². The lowest BCUT2D eigenvalue weighted by Crippen LogP contribution is -2.28. The van der Waals surface area contributed by atoms with Crippen LogP contribution in [0.4, 0.5) is 0 Å². The summed E-state index contributed by atoms with van der Waals surface area (Å²) < 4.78 is 0. The van der Waals surface area contributed by atoms with Crippen molar-refractivity contribution in [3.63, 3.8) is 0 Å². The number of amidine groups is 1. The van der Waals surface area contributed by atoms with E-state index in [1.54, 1.807) is 0 Å². The Morgan fingerprint density at radius 1 is 1.17 bits per heavy atom. The second-order valence-corrected chi connectivity index (χ2v) is 10.7. The van der Waals surface area contributed by atoms with Gasteiger partial charge >= 0.3 is 0 Å². The van der Waals surface area contributed by atoms with E-state index in [-0.39, 0.29) is 0 Å². The summed E-state index contributed by atoms with van der Waals surface area (Å²) in [5, 5.41) is 19.3. The molecule has 1 aliphatic carbocycles. The number of pyridine rings is 1. The van der Waals surface area contributed by atoms with Gasteiger partial charge in [-0.05, 0) is 67.8 Å². The fourth-order valence-electron chi connectivity index (χ4n) is 5.32. The van der Waals surface area contributed by atoms with Crippen molar-refractivity contribution >= 4 is 28.5 Å². The van der Waals surface area contributed by atoms with E-state index in [4.69, 9.17) is 5.41 Å². The van der Waals surface area contributed by atoms with Crippen LogP contribution in [0.1, 0.15) is 43.5 Å². The van der Waals surface area contributed by atoms with Gasteiger partial charge in [0.25, 0.3) is 0 Å². The molecule has 2 aromatic carbocycles. The minimum absolute atomic E-state index is 0.335. The Bertz CT molecular complexity index is 1170. The van der Waals surface area contributed by atoms with E-state index >= 15 is 0 Å². The molecular weight excluding hydrogens is 452 g/mol. The fraction of sp³-hybridized carbons (Fsp3) is 0.448. The number of likely N-dealkylation sites (tertiary alicyclic amines) is 1. The van der Waals surface area contributed by atoms with Crippen LogP contribution in [-0.2, 0) is 5.41 Å². The minimum atomic E-state index is 0.335. The number of fused-ring (bicyclic) bond motifs is 2. The quantitative estimate of drug-likeness (QED) is 0.178. The van der Waals surface area contributed by atoms with Gasteiger partial charge in [-0.15, -0.1) is 11.8 Å². The van der Waals surface area contributed by atoms with Crippen LogP contribution in [0.15, 0.2) is 54.6 Å². The Morgan fingerprint density at radius 2 is 1.94 bits per heavy atom. The number of benzene rings is 2. The molecule has 2 aliphatic rings. The van der Waals surface area contributed by atoms with E-state index in [2.05, 4.69) is 28.1 Å². The monoisotopic (exact) mass is 490 g/mol. The molecule has 1 aromatic heterocycles. The molecule has 2 N–H and O–H groups in total. The standard InChI is InChI=1S/C27H32N4OS.C2H6/c1-19-7-12-23-24(5-3-6-25(23)29-19)26(28)30(2)18-33-14-4-13-31-16-21-15-27(21,17-31)20-8-10-22(32)11-9-20;1-2/h3,5-12,21,28,32H,4,13-18H2,1-2H3;1-2H3/t21-,27+;/m1./s1. The first-order chi connectivity index (χ1) is 17.0. The lowest BCUT2D eigenvalue weighted by Gasteiger charge is -2.22. The van der Waals surface area contributed by atoms with Crippen LogP contribution in [0, 0.1) is 18.3 Å². The number of phenols is 1. The molecule has 0 spiro atoms. The van der Waals surface area contributed by atoms with Crippen LogP contribution >= 0.6 is 11.8 Å². The van der Waals surface area contributed by atoms with Crippen LogP contribution < -0.4 is 0 Å². The first-order valence-corrected chi connectivity index (χ1v) is 13.9. The largest absolute Gasteiger partial charge is 0.508 e. The molecule has 0 bridgehead atoms. The number of aromatic hydroxyl groups is 1. The Labute approximate surface area is 214 Å². The third kappa shape index (κ3) is 5.49. The second-order valence-electron chi connectivity index (χ2n) is 9.60. The third-order valence-electron chi connectivity index (χ3n) is 7.21. The average Bonchev–Trinajstić information content (AvgIpc) is 3.45. The van der Waals surface area contributed by atoms with Gasteiger partial charge < -0.3 is 14.9 Å². The van der Waals surface area contributed by atoms with Gasteiger partial charge in [-0.1, -0.05) is 44.2 Å². The molecule has 1 saturated heterocycles. The van der Waals surface area contributed by atoms with Gasteiger partial charge in [-0.25, -0.2) is 0 Å². The number of aromatic nitrogens is 1. The summed E-state index contributed by atoms with van der Waals surface area (Å²) in [5.41, 5.74) is 4.62. The fourth-order valence-corrected chi connectivity index (χ4v) is 6.19. The van der Waals surface area contributed by atoms with Gasteiger partial charge in [-0.2, -0.15) is 0 Å². The summed E-state index contributed by atoms with van der Waals surface area (Å²) in [6.07, 6.45) is 2.46. The Hall–Kier alpha value is -2.57. The summed E-state index contributed by atoms with van der Waals surface area (Å²) >= 11 is 1.90. The van der Waals surface area contributed by atoms with Gasteiger partial charge in [0, 0.05) is 42.2 Å². The van der Waals surface area contributed by atoms with Crippen molar-refractivity contribution in [3.05, 3.63) is 71.4 Å². The maximum atomic E-state index is 9.58. The number of aryl methyl sites for hydroxylation is 1. The normalized spacial score (nSPS) is 20.7. The zero-order valence-electron chi connectivity index (χ0n) is 21.4. The van der Waals surface area contributed by atoms with Crippen LogP contribution in [0.5, 0.6) is 5.75 Å². The first kappa shape index (κ1) is 25.5. The minimum Gasteiger partial charge on any atom is -0.508 e. The number of thioether (sulfide) groups is 1. The molecule has 6 heteroatoms. The highest BCUT2D eigenvalue weighted by Crippen LogP contribution is 2.59. The van der Waals surface area contributed by atoms with Crippen molar-refractivity contribution in [2.75, 3.05) is 38.3 Å². The van der Waals surface area contributed by atoms with E-state index in [1.165, 1.54) is 24.9 Å². The van der Waals surface area contributed by atoms with E-state index in [9.17, 15) is 5.11 Å². The number of nitrogens with zero attached hydrogens (tertiary/aromatic N) is 3. The van der Waals surface area contributed by atoms with E-state index in [0.29, 0.717) is 17.0 Å². The average molecular weight is 491 g/mol. The van der Waals surface area contributed by atoms with Crippen molar-refractivity contribution in [2.45, 2.75) is 39.0 Å². The Balaban J connectivity index is 0.00000141. The van der Waals surface area contributed by atoms with Crippen molar-refractivity contribution in [2.24, 2.45) is 5.92 Å². The third-order valence-corrected chi connectivity index (χ3v) is 8.36. The summed E-state index contributed by atoms with van der Waals surface area (Å²) in [6, 6.07) is 18.0. The number of nitrogens with one attached hydrogen (secondary N) is 1. The maximum absolute atomic E-state index is 9.58. The molecule has 2 fully saturated rings.